The van der Waals surface area contributed by atoms with Crippen LogP contribution in [0.5, 0.6) is 0 Å². The molecule has 4 aliphatic carbocycles. The van der Waals surface area contributed by atoms with Crippen LogP contribution in [0.1, 0.15) is 50.5 Å². The van der Waals surface area contributed by atoms with Crippen molar-refractivity contribution in [3.63, 3.8) is 0 Å². The second-order valence-electron chi connectivity index (χ2n) is 8.18. The smallest absolute Gasteiger partial charge is 0.309 e. The average molecular weight is 319 g/mol. The van der Waals surface area contributed by atoms with Crippen molar-refractivity contribution in [3.05, 3.63) is 35.9 Å². The number of carboxylic acid groups (broad SMARTS) is 1. The highest BCUT2D eigenvalue weighted by Crippen LogP contribution is 2.71. The molecule has 4 saturated carbocycles. The first-order valence-corrected chi connectivity index (χ1v) is 8.90. The summed E-state index contributed by atoms with van der Waals surface area (Å²) in [6.45, 7) is 0. The summed E-state index contributed by atoms with van der Waals surface area (Å²) in [7, 11) is 0. The number of halogens is 1. The molecular formula is C19H23ClO2. The highest BCUT2D eigenvalue weighted by atomic mass is 35.5. The van der Waals surface area contributed by atoms with Crippen LogP contribution < -0.4 is 0 Å². The summed E-state index contributed by atoms with van der Waals surface area (Å²) in [6, 6.07) is 10.6. The molecule has 1 aromatic rings. The lowest BCUT2D eigenvalue weighted by Crippen LogP contribution is -2.61. The fourth-order valence-corrected chi connectivity index (χ4v) is 6.87. The van der Waals surface area contributed by atoms with Crippen molar-refractivity contribution >= 4 is 17.6 Å². The van der Waals surface area contributed by atoms with E-state index in [4.69, 9.17) is 11.6 Å². The third-order valence-corrected chi connectivity index (χ3v) is 6.84. The lowest BCUT2D eigenvalue weighted by atomic mass is 9.38. The molecule has 22 heavy (non-hydrogen) atoms. The third-order valence-electron chi connectivity index (χ3n) is 6.65. The van der Waals surface area contributed by atoms with Gasteiger partial charge >= 0.3 is 5.97 Å². The maximum atomic E-state index is 12.1. The van der Waals surface area contributed by atoms with Gasteiger partial charge in [-0.1, -0.05) is 30.3 Å². The second-order valence-corrected chi connectivity index (χ2v) is 8.56. The molecule has 2 unspecified atom stereocenters. The number of benzene rings is 1. The van der Waals surface area contributed by atoms with Crippen LogP contribution in [0.15, 0.2) is 30.3 Å². The Balaban J connectivity index is 1.83. The van der Waals surface area contributed by atoms with Gasteiger partial charge in [0.2, 0.25) is 0 Å². The largest absolute Gasteiger partial charge is 0.481 e. The monoisotopic (exact) mass is 318 g/mol. The SMILES string of the molecule is O=C(O)C12CC3C[C@](CCCl)(C1)C[C@@](c1ccccc1)(C3)C2. The number of carboxylic acids is 1. The fourth-order valence-electron chi connectivity index (χ4n) is 6.47. The highest BCUT2D eigenvalue weighted by molar-refractivity contribution is 6.17. The second kappa shape index (κ2) is 4.74. The van der Waals surface area contributed by atoms with Gasteiger partial charge in [-0.25, -0.2) is 0 Å². The van der Waals surface area contributed by atoms with Crippen molar-refractivity contribution in [2.45, 2.75) is 50.4 Å². The number of aliphatic carboxylic acids is 1. The zero-order chi connectivity index (χ0) is 15.4. The first-order chi connectivity index (χ1) is 10.5. The molecule has 3 heteroatoms. The van der Waals surface area contributed by atoms with Gasteiger partial charge in [-0.05, 0) is 67.3 Å². The molecule has 4 fully saturated rings. The Labute approximate surface area is 136 Å². The molecule has 1 aromatic carbocycles. The molecule has 4 aliphatic rings. The maximum absolute atomic E-state index is 12.1. The van der Waals surface area contributed by atoms with Crippen LogP contribution in [0, 0.1) is 16.7 Å². The predicted molar refractivity (Wildman–Crippen MR) is 87.2 cm³/mol. The first kappa shape index (κ1) is 14.6. The number of carbonyl (C=O) groups is 1. The standard InChI is InChI=1S/C19H23ClO2/c20-7-6-17-8-14-9-18(11-17,15-4-2-1-3-5-15)13-19(10-14,12-17)16(21)22/h1-5,14H,6-13H2,(H,21,22)/t14?,17-,18-,19?/m0/s1. The van der Waals surface area contributed by atoms with E-state index in [9.17, 15) is 9.90 Å². The van der Waals surface area contributed by atoms with Crippen molar-refractivity contribution < 1.29 is 9.90 Å². The van der Waals surface area contributed by atoms with E-state index in [2.05, 4.69) is 24.3 Å². The lowest BCUT2D eigenvalue weighted by Gasteiger charge is -2.65. The van der Waals surface area contributed by atoms with Crippen molar-refractivity contribution in [2.75, 3.05) is 5.88 Å². The summed E-state index contributed by atoms with van der Waals surface area (Å²) in [4.78, 5) is 12.1. The molecule has 2 nitrogen and oxygen atoms in total. The Morgan fingerprint density at radius 2 is 1.91 bits per heavy atom. The minimum Gasteiger partial charge on any atom is -0.481 e. The normalized spacial score (nSPS) is 42.5. The molecule has 118 valence electrons. The third kappa shape index (κ3) is 1.96. The Bertz CT molecular complexity index is 601. The molecule has 4 atom stereocenters. The van der Waals surface area contributed by atoms with Gasteiger partial charge in [0, 0.05) is 5.88 Å². The van der Waals surface area contributed by atoms with Gasteiger partial charge in [0.15, 0.2) is 0 Å². The highest BCUT2D eigenvalue weighted by Gasteiger charge is 2.65. The molecule has 5 rings (SSSR count). The molecule has 4 bridgehead atoms. The van der Waals surface area contributed by atoms with Crippen LogP contribution >= 0.6 is 11.6 Å². The molecule has 1 N–H and O–H groups in total. The Hall–Kier alpha value is -1.02. The van der Waals surface area contributed by atoms with Gasteiger partial charge in [0.25, 0.3) is 0 Å². The molecule has 0 spiro atoms. The van der Waals surface area contributed by atoms with Crippen LogP contribution in [-0.4, -0.2) is 17.0 Å². The van der Waals surface area contributed by atoms with Crippen molar-refractivity contribution in [3.8, 4) is 0 Å². The fraction of sp³-hybridized carbons (Fsp3) is 0.632. The minimum absolute atomic E-state index is 0.0606. The summed E-state index contributed by atoms with van der Waals surface area (Å²) in [5.74, 6) is 0.624. The van der Waals surface area contributed by atoms with E-state index in [0.29, 0.717) is 11.8 Å². The van der Waals surface area contributed by atoms with Gasteiger partial charge in [-0.3, -0.25) is 4.79 Å². The van der Waals surface area contributed by atoms with Crippen LogP contribution in [0.3, 0.4) is 0 Å². The predicted octanol–water partition coefficient (Wildman–Crippen LogP) is 4.61. The Morgan fingerprint density at radius 1 is 1.14 bits per heavy atom. The molecular weight excluding hydrogens is 296 g/mol. The minimum atomic E-state index is -0.573. The topological polar surface area (TPSA) is 37.3 Å². The van der Waals surface area contributed by atoms with Gasteiger partial charge < -0.3 is 5.11 Å². The summed E-state index contributed by atoms with van der Waals surface area (Å²) in [5, 5.41) is 9.99. The van der Waals surface area contributed by atoms with Gasteiger partial charge in [0.05, 0.1) is 5.41 Å². The zero-order valence-electron chi connectivity index (χ0n) is 12.9. The van der Waals surface area contributed by atoms with Crippen molar-refractivity contribution in [1.82, 2.24) is 0 Å². The zero-order valence-corrected chi connectivity index (χ0v) is 13.6. The van der Waals surface area contributed by atoms with Gasteiger partial charge in [0.1, 0.15) is 0 Å². The van der Waals surface area contributed by atoms with Gasteiger partial charge in [-0.2, -0.15) is 0 Å². The van der Waals surface area contributed by atoms with Gasteiger partial charge in [-0.15, -0.1) is 11.6 Å². The van der Waals surface area contributed by atoms with E-state index >= 15 is 0 Å². The molecule has 0 radical (unpaired) electrons. The van der Waals surface area contributed by atoms with E-state index in [0.717, 1.165) is 38.5 Å². The van der Waals surface area contributed by atoms with E-state index in [1.807, 2.05) is 6.07 Å². The number of rotatable bonds is 4. The average Bonchev–Trinajstić information content (AvgIpc) is 2.46. The summed E-state index contributed by atoms with van der Waals surface area (Å²) in [6.07, 6.45) is 6.98. The van der Waals surface area contributed by atoms with Crippen LogP contribution in [0.2, 0.25) is 0 Å². The van der Waals surface area contributed by atoms with Crippen LogP contribution in [-0.2, 0) is 10.2 Å². The summed E-state index contributed by atoms with van der Waals surface area (Å²) < 4.78 is 0. The van der Waals surface area contributed by atoms with Crippen LogP contribution in [0.25, 0.3) is 0 Å². The molecule has 0 aromatic heterocycles. The molecule has 0 amide bonds. The molecule has 0 heterocycles. The van der Waals surface area contributed by atoms with E-state index in [1.165, 1.54) is 12.0 Å². The number of hydrogen-bond acceptors (Lipinski definition) is 1. The lowest BCUT2D eigenvalue weighted by molar-refractivity contribution is -0.179. The Kier molecular flexibility index (Phi) is 3.14. The van der Waals surface area contributed by atoms with Crippen molar-refractivity contribution in [1.29, 1.82) is 0 Å². The van der Waals surface area contributed by atoms with Crippen LogP contribution in [0.4, 0.5) is 0 Å². The molecule has 0 saturated heterocycles. The maximum Gasteiger partial charge on any atom is 0.309 e. The first-order valence-electron chi connectivity index (χ1n) is 8.37. The number of alkyl halides is 1. The van der Waals surface area contributed by atoms with E-state index < -0.39 is 11.4 Å². The quantitative estimate of drug-likeness (QED) is 0.823. The summed E-state index contributed by atoms with van der Waals surface area (Å²) >= 11 is 6.11. The van der Waals surface area contributed by atoms with E-state index in [-0.39, 0.29) is 10.8 Å². The van der Waals surface area contributed by atoms with E-state index in [1.54, 1.807) is 0 Å². The van der Waals surface area contributed by atoms with Crippen molar-refractivity contribution in [2.24, 2.45) is 16.7 Å². The molecule has 0 aliphatic heterocycles. The number of hydrogen-bond donors (Lipinski definition) is 1. The Morgan fingerprint density at radius 3 is 2.59 bits per heavy atom. The summed E-state index contributed by atoms with van der Waals surface area (Å²) in [5.41, 5.74) is 1.05.